The molecule has 128 valence electrons. The van der Waals surface area contributed by atoms with Crippen LogP contribution in [0, 0.1) is 0 Å². The second-order valence-electron chi connectivity index (χ2n) is 6.58. The summed E-state index contributed by atoms with van der Waals surface area (Å²) in [6.45, 7) is 3.17. The van der Waals surface area contributed by atoms with Crippen molar-refractivity contribution in [2.45, 2.75) is 43.9 Å². The van der Waals surface area contributed by atoms with Gasteiger partial charge in [-0.1, -0.05) is 12.8 Å². The van der Waals surface area contributed by atoms with Crippen LogP contribution in [0.25, 0.3) is 0 Å². The number of nitrogens with one attached hydrogen (secondary N) is 1. The number of carbonyl (C=O) groups is 1. The van der Waals surface area contributed by atoms with Gasteiger partial charge in [0.2, 0.25) is 0 Å². The molecule has 3 atom stereocenters. The number of rotatable bonds is 3. The summed E-state index contributed by atoms with van der Waals surface area (Å²) in [5.41, 5.74) is 0.629. The van der Waals surface area contributed by atoms with Gasteiger partial charge in [-0.25, -0.2) is 0 Å². The molecule has 0 unspecified atom stereocenters. The van der Waals surface area contributed by atoms with Crippen LogP contribution in [0.3, 0.4) is 0 Å². The third-order valence-electron chi connectivity index (χ3n) is 5.08. The van der Waals surface area contributed by atoms with Crippen LogP contribution in [-0.2, 0) is 11.8 Å². The zero-order chi connectivity index (χ0) is 16.2. The van der Waals surface area contributed by atoms with Crippen LogP contribution in [0.4, 0.5) is 0 Å². The molecule has 2 fully saturated rings. The summed E-state index contributed by atoms with van der Waals surface area (Å²) in [4.78, 5) is 14.8. The van der Waals surface area contributed by atoms with Crippen LogP contribution in [-0.4, -0.2) is 65.0 Å². The molecule has 2 heterocycles. The van der Waals surface area contributed by atoms with Crippen molar-refractivity contribution in [3.05, 3.63) is 24.0 Å². The number of aryl methyl sites for hydroxylation is 1. The molecule has 23 heavy (non-hydrogen) atoms. The first-order chi connectivity index (χ1) is 11.2. The van der Waals surface area contributed by atoms with Crippen molar-refractivity contribution in [1.82, 2.24) is 14.8 Å². The number of aliphatic hydroxyl groups is 1. The van der Waals surface area contributed by atoms with E-state index in [4.69, 9.17) is 4.74 Å². The number of carbonyl (C=O) groups excluding carboxylic acids is 1. The number of nitrogens with zero attached hydrogens (tertiary/aromatic N) is 2. The van der Waals surface area contributed by atoms with E-state index in [0.29, 0.717) is 5.69 Å². The Hall–Kier alpha value is -1.37. The fourth-order valence-electron chi connectivity index (χ4n) is 3.73. The normalized spacial score (nSPS) is 29.9. The van der Waals surface area contributed by atoms with Gasteiger partial charge in [0, 0.05) is 32.4 Å². The van der Waals surface area contributed by atoms with Crippen LogP contribution in [0.5, 0.6) is 0 Å². The van der Waals surface area contributed by atoms with Crippen LogP contribution in [0.2, 0.25) is 0 Å². The van der Waals surface area contributed by atoms with Gasteiger partial charge in [-0.15, -0.1) is 0 Å². The Labute approximate surface area is 137 Å². The molecule has 0 bridgehead atoms. The smallest absolute Gasteiger partial charge is 0.268 e. The third kappa shape index (κ3) is 3.76. The van der Waals surface area contributed by atoms with E-state index in [0.717, 1.165) is 52.0 Å². The number of aliphatic hydroxyl groups excluding tert-OH is 1. The quantitative estimate of drug-likeness (QED) is 0.807. The molecular formula is C17H27N3O3. The molecule has 1 aliphatic carbocycles. The Balaban J connectivity index is 1.67. The third-order valence-corrected chi connectivity index (χ3v) is 5.08. The Morgan fingerprint density at radius 2 is 2.04 bits per heavy atom. The largest absolute Gasteiger partial charge is 0.389 e. The first kappa shape index (κ1) is 16.5. The highest BCUT2D eigenvalue weighted by Crippen LogP contribution is 2.24. The summed E-state index contributed by atoms with van der Waals surface area (Å²) in [5, 5.41) is 13.9. The average Bonchev–Trinajstić information content (AvgIpc) is 2.91. The zero-order valence-corrected chi connectivity index (χ0v) is 13.8. The van der Waals surface area contributed by atoms with E-state index in [1.807, 2.05) is 19.3 Å². The molecule has 0 radical (unpaired) electrons. The highest BCUT2D eigenvalue weighted by Gasteiger charge is 2.35. The maximum absolute atomic E-state index is 12.5. The summed E-state index contributed by atoms with van der Waals surface area (Å²) in [5.74, 6) is -0.107. The molecular weight excluding hydrogens is 294 g/mol. The molecule has 1 aromatic heterocycles. The molecule has 1 saturated heterocycles. The molecule has 6 heteroatoms. The highest BCUT2D eigenvalue weighted by molar-refractivity contribution is 5.92. The number of morpholine rings is 1. The van der Waals surface area contributed by atoms with Gasteiger partial charge < -0.3 is 19.7 Å². The van der Waals surface area contributed by atoms with Crippen LogP contribution in [0.1, 0.15) is 36.2 Å². The summed E-state index contributed by atoms with van der Waals surface area (Å²) in [6.07, 6.45) is 5.27. The van der Waals surface area contributed by atoms with E-state index in [1.165, 1.54) is 0 Å². The van der Waals surface area contributed by atoms with Gasteiger partial charge >= 0.3 is 0 Å². The molecule has 0 aromatic carbocycles. The van der Waals surface area contributed by atoms with E-state index in [2.05, 4.69) is 10.2 Å². The molecule has 2 N–H and O–H groups in total. The van der Waals surface area contributed by atoms with Gasteiger partial charge in [0.15, 0.2) is 0 Å². The molecule has 1 amide bonds. The maximum Gasteiger partial charge on any atom is 0.268 e. The Bertz CT molecular complexity index is 525. The Morgan fingerprint density at radius 3 is 2.74 bits per heavy atom. The standard InChI is InChI=1S/C17H27N3O3/c1-19-8-4-7-15(19)17(22)18-13-5-2-3-6-14(16(13)21)20-9-11-23-12-10-20/h4,7-8,13-14,16,21H,2-3,5-6,9-12H2,1H3,(H,18,22)/t13-,14-,16-/m1/s1. The molecule has 3 rings (SSSR count). The van der Waals surface area contributed by atoms with Crippen LogP contribution < -0.4 is 5.32 Å². The predicted molar refractivity (Wildman–Crippen MR) is 87.3 cm³/mol. The maximum atomic E-state index is 12.5. The lowest BCUT2D eigenvalue weighted by atomic mass is 9.99. The van der Waals surface area contributed by atoms with Crippen molar-refractivity contribution in [3.63, 3.8) is 0 Å². The topological polar surface area (TPSA) is 66.7 Å². The number of hydrogen-bond acceptors (Lipinski definition) is 4. The van der Waals surface area contributed by atoms with E-state index < -0.39 is 6.10 Å². The molecule has 1 aliphatic heterocycles. The molecule has 1 saturated carbocycles. The summed E-state index contributed by atoms with van der Waals surface area (Å²) >= 11 is 0. The van der Waals surface area contributed by atoms with Gasteiger partial charge in [0.05, 0.1) is 25.4 Å². The number of hydrogen-bond donors (Lipinski definition) is 2. The van der Waals surface area contributed by atoms with Crippen molar-refractivity contribution >= 4 is 5.91 Å². The summed E-state index contributed by atoms with van der Waals surface area (Å²) in [6, 6.07) is 3.58. The van der Waals surface area contributed by atoms with Crippen molar-refractivity contribution in [2.75, 3.05) is 26.3 Å². The van der Waals surface area contributed by atoms with Crippen molar-refractivity contribution in [2.24, 2.45) is 7.05 Å². The lowest BCUT2D eigenvalue weighted by Crippen LogP contribution is -2.55. The van der Waals surface area contributed by atoms with Crippen LogP contribution >= 0.6 is 0 Å². The minimum Gasteiger partial charge on any atom is -0.389 e. The molecule has 2 aliphatic rings. The van der Waals surface area contributed by atoms with E-state index in [9.17, 15) is 9.90 Å². The molecule has 0 spiro atoms. The minimum absolute atomic E-state index is 0.107. The Kier molecular flexibility index (Phi) is 5.35. The van der Waals surface area contributed by atoms with Gasteiger partial charge in [-0.2, -0.15) is 0 Å². The number of ether oxygens (including phenoxy) is 1. The summed E-state index contributed by atoms with van der Waals surface area (Å²) in [7, 11) is 1.86. The minimum atomic E-state index is -0.528. The fourth-order valence-corrected chi connectivity index (χ4v) is 3.73. The average molecular weight is 321 g/mol. The second-order valence-corrected chi connectivity index (χ2v) is 6.58. The predicted octanol–water partition coefficient (Wildman–Crippen LogP) is 0.759. The van der Waals surface area contributed by atoms with Gasteiger partial charge in [-0.05, 0) is 25.0 Å². The fraction of sp³-hybridized carbons (Fsp3) is 0.706. The van der Waals surface area contributed by atoms with Crippen LogP contribution in [0.15, 0.2) is 18.3 Å². The van der Waals surface area contributed by atoms with Crippen molar-refractivity contribution < 1.29 is 14.6 Å². The van der Waals surface area contributed by atoms with Gasteiger partial charge in [-0.3, -0.25) is 9.69 Å². The summed E-state index contributed by atoms with van der Waals surface area (Å²) < 4.78 is 7.22. The number of amides is 1. The lowest BCUT2D eigenvalue weighted by Gasteiger charge is -2.38. The monoisotopic (exact) mass is 321 g/mol. The molecule has 1 aromatic rings. The lowest BCUT2D eigenvalue weighted by molar-refractivity contribution is -0.0308. The number of aromatic nitrogens is 1. The van der Waals surface area contributed by atoms with Gasteiger partial charge in [0.25, 0.3) is 5.91 Å². The zero-order valence-electron chi connectivity index (χ0n) is 13.8. The Morgan fingerprint density at radius 1 is 1.30 bits per heavy atom. The SMILES string of the molecule is Cn1cccc1C(=O)N[C@@H]1CCCC[C@@H](N2CCOCC2)[C@@H]1O. The van der Waals surface area contributed by atoms with E-state index >= 15 is 0 Å². The van der Waals surface area contributed by atoms with Gasteiger partial charge in [0.1, 0.15) is 5.69 Å². The second kappa shape index (κ2) is 7.47. The first-order valence-electron chi connectivity index (χ1n) is 8.59. The van der Waals surface area contributed by atoms with E-state index in [-0.39, 0.29) is 18.0 Å². The molecule has 6 nitrogen and oxygen atoms in total. The van der Waals surface area contributed by atoms with Crippen molar-refractivity contribution in [1.29, 1.82) is 0 Å². The highest BCUT2D eigenvalue weighted by atomic mass is 16.5. The van der Waals surface area contributed by atoms with Crippen molar-refractivity contribution in [3.8, 4) is 0 Å². The van der Waals surface area contributed by atoms with E-state index in [1.54, 1.807) is 10.6 Å². The first-order valence-corrected chi connectivity index (χ1v) is 8.59.